The number of carbonyl (C=O) groups excluding carboxylic acids is 2. The van der Waals surface area contributed by atoms with E-state index in [1.807, 2.05) is 32.0 Å². The lowest BCUT2D eigenvalue weighted by Crippen LogP contribution is -2.18. The lowest BCUT2D eigenvalue weighted by molar-refractivity contribution is 0.103. The van der Waals surface area contributed by atoms with Gasteiger partial charge in [0.25, 0.3) is 5.52 Å². The number of hydrogen-bond donors (Lipinski definition) is 0. The zero-order valence-corrected chi connectivity index (χ0v) is 20.9. The second kappa shape index (κ2) is 11.1. The van der Waals surface area contributed by atoms with Crippen LogP contribution in [0.1, 0.15) is 51.3 Å². The summed E-state index contributed by atoms with van der Waals surface area (Å²) >= 11 is 0. The standard InChI is InChI=1S/C27H28O6P/c1-6-17-11-10-12-18(7-2)24(17)26(28)20-13-8-9-14-23(20)34(30)27(29)25-21(32-4)15-19(31-3)16-22(25)33-5/h8-16H,6-7H2,1-5H3. The Morgan fingerprint density at radius 2 is 1.32 bits per heavy atom. The second-order valence-corrected chi connectivity index (χ2v) is 8.99. The van der Waals surface area contributed by atoms with Gasteiger partial charge in [0.15, 0.2) is 13.6 Å². The van der Waals surface area contributed by atoms with Crippen molar-refractivity contribution in [3.8, 4) is 17.2 Å². The van der Waals surface area contributed by atoms with Crippen molar-refractivity contribution in [3.05, 3.63) is 82.4 Å². The van der Waals surface area contributed by atoms with E-state index >= 15 is 0 Å². The van der Waals surface area contributed by atoms with Crippen molar-refractivity contribution in [1.29, 1.82) is 0 Å². The molecule has 7 heteroatoms. The zero-order valence-electron chi connectivity index (χ0n) is 20.0. The van der Waals surface area contributed by atoms with Crippen molar-refractivity contribution >= 4 is 24.4 Å². The lowest BCUT2D eigenvalue weighted by atomic mass is 9.91. The van der Waals surface area contributed by atoms with Crippen LogP contribution in [0.25, 0.3) is 0 Å². The molecule has 0 aromatic heterocycles. The van der Waals surface area contributed by atoms with Gasteiger partial charge in [-0.2, -0.15) is 0 Å². The summed E-state index contributed by atoms with van der Waals surface area (Å²) in [4.78, 5) is 27.2. The highest BCUT2D eigenvalue weighted by Gasteiger charge is 2.30. The Hall–Kier alpha value is -3.50. The van der Waals surface area contributed by atoms with E-state index in [0.717, 1.165) is 11.1 Å². The highest BCUT2D eigenvalue weighted by atomic mass is 31.1. The molecule has 34 heavy (non-hydrogen) atoms. The Labute approximate surface area is 200 Å². The van der Waals surface area contributed by atoms with Gasteiger partial charge in [0.2, 0.25) is 0 Å². The molecule has 0 aliphatic carbocycles. The summed E-state index contributed by atoms with van der Waals surface area (Å²) in [5.41, 5.74) is 2.04. The van der Waals surface area contributed by atoms with Crippen LogP contribution in [0.3, 0.4) is 0 Å². The van der Waals surface area contributed by atoms with Crippen LogP contribution in [0.2, 0.25) is 0 Å². The fraction of sp³-hybridized carbons (Fsp3) is 0.259. The SMILES string of the molecule is CCc1cccc(CC)c1C(=O)c1ccccc1[P](=O)C(=O)c1c(OC)cc(OC)cc1OC. The van der Waals surface area contributed by atoms with Crippen LogP contribution >= 0.6 is 7.80 Å². The number of rotatable bonds is 10. The van der Waals surface area contributed by atoms with Crippen LogP contribution in [-0.4, -0.2) is 32.6 Å². The molecular weight excluding hydrogens is 451 g/mol. The highest BCUT2D eigenvalue weighted by Crippen LogP contribution is 2.40. The van der Waals surface area contributed by atoms with Gasteiger partial charge >= 0.3 is 0 Å². The molecule has 0 spiro atoms. The number of carbonyl (C=O) groups is 2. The van der Waals surface area contributed by atoms with E-state index in [-0.39, 0.29) is 33.7 Å². The minimum atomic E-state index is -2.65. The van der Waals surface area contributed by atoms with E-state index in [2.05, 4.69) is 0 Å². The van der Waals surface area contributed by atoms with Crippen LogP contribution in [0, 0.1) is 0 Å². The molecule has 3 aromatic rings. The van der Waals surface area contributed by atoms with Gasteiger partial charge in [-0.1, -0.05) is 44.2 Å². The van der Waals surface area contributed by atoms with E-state index < -0.39 is 13.3 Å². The summed E-state index contributed by atoms with van der Waals surface area (Å²) in [6, 6.07) is 15.4. The zero-order chi connectivity index (χ0) is 24.8. The summed E-state index contributed by atoms with van der Waals surface area (Å²) < 4.78 is 29.6. The predicted molar refractivity (Wildman–Crippen MR) is 133 cm³/mol. The second-order valence-electron chi connectivity index (χ2n) is 7.51. The molecule has 3 rings (SSSR count). The Balaban J connectivity index is 2.13. The first-order valence-corrected chi connectivity index (χ1v) is 12.2. The number of hydrogen-bond acceptors (Lipinski definition) is 6. The van der Waals surface area contributed by atoms with Gasteiger partial charge < -0.3 is 14.2 Å². The maximum Gasteiger partial charge on any atom is 0.254 e. The number of methoxy groups -OCH3 is 3. The third-order valence-corrected chi connectivity index (χ3v) is 7.13. The molecule has 0 bridgehead atoms. The van der Waals surface area contributed by atoms with Crippen molar-refractivity contribution in [3.63, 3.8) is 0 Å². The number of aryl methyl sites for hydroxylation is 2. The average molecular weight is 479 g/mol. The third-order valence-electron chi connectivity index (χ3n) is 5.71. The van der Waals surface area contributed by atoms with Crippen LogP contribution in [-0.2, 0) is 17.4 Å². The molecule has 1 radical (unpaired) electrons. The molecule has 0 aliphatic rings. The molecule has 177 valence electrons. The first-order valence-electron chi connectivity index (χ1n) is 11.0. The van der Waals surface area contributed by atoms with Crippen molar-refractivity contribution in [1.82, 2.24) is 0 Å². The molecule has 0 N–H and O–H groups in total. The van der Waals surface area contributed by atoms with Gasteiger partial charge in [-0.25, -0.2) is 0 Å². The topological polar surface area (TPSA) is 78.9 Å². The number of benzene rings is 3. The summed E-state index contributed by atoms with van der Waals surface area (Å²) in [7, 11) is 1.64. The van der Waals surface area contributed by atoms with E-state index in [9.17, 15) is 14.2 Å². The molecule has 0 saturated carbocycles. The number of ketones is 1. The molecule has 6 nitrogen and oxygen atoms in total. The van der Waals surface area contributed by atoms with Gasteiger partial charge in [0, 0.05) is 23.3 Å². The molecule has 0 aliphatic heterocycles. The van der Waals surface area contributed by atoms with E-state index in [1.165, 1.54) is 33.5 Å². The molecule has 1 atom stereocenters. The van der Waals surface area contributed by atoms with E-state index in [0.29, 0.717) is 24.2 Å². The quantitative estimate of drug-likeness (QED) is 0.288. The van der Waals surface area contributed by atoms with Crippen molar-refractivity contribution in [2.45, 2.75) is 26.7 Å². The van der Waals surface area contributed by atoms with Gasteiger partial charge in [-0.3, -0.25) is 14.2 Å². The maximum absolute atomic E-state index is 13.7. The largest absolute Gasteiger partial charge is 0.496 e. The molecule has 3 aromatic carbocycles. The highest BCUT2D eigenvalue weighted by molar-refractivity contribution is 7.71. The van der Waals surface area contributed by atoms with Crippen LogP contribution in [0.15, 0.2) is 54.6 Å². The van der Waals surface area contributed by atoms with Gasteiger partial charge in [0.05, 0.1) is 26.6 Å². The van der Waals surface area contributed by atoms with Crippen LogP contribution in [0.5, 0.6) is 17.2 Å². The molecule has 0 amide bonds. The van der Waals surface area contributed by atoms with E-state index in [1.54, 1.807) is 24.3 Å². The summed E-state index contributed by atoms with van der Waals surface area (Å²) in [6.07, 6.45) is 1.37. The fourth-order valence-corrected chi connectivity index (χ4v) is 5.20. The molecule has 0 fully saturated rings. The molecule has 1 unspecified atom stereocenters. The van der Waals surface area contributed by atoms with Crippen molar-refractivity contribution in [2.24, 2.45) is 0 Å². The summed E-state index contributed by atoms with van der Waals surface area (Å²) in [6.45, 7) is 3.98. The minimum absolute atomic E-state index is 0.0392. The van der Waals surface area contributed by atoms with Crippen LogP contribution in [0.4, 0.5) is 0 Å². The maximum atomic E-state index is 13.7. The Morgan fingerprint density at radius 3 is 1.82 bits per heavy atom. The predicted octanol–water partition coefficient (Wildman–Crippen LogP) is 5.36. The monoisotopic (exact) mass is 479 g/mol. The van der Waals surface area contributed by atoms with Gasteiger partial charge in [-0.15, -0.1) is 0 Å². The molecule has 0 saturated heterocycles. The smallest absolute Gasteiger partial charge is 0.254 e. The molecule has 0 heterocycles. The fourth-order valence-electron chi connectivity index (χ4n) is 3.94. The van der Waals surface area contributed by atoms with Crippen molar-refractivity contribution < 1.29 is 28.4 Å². The Morgan fingerprint density at radius 1 is 0.765 bits per heavy atom. The normalized spacial score (nSPS) is 11.0. The lowest BCUT2D eigenvalue weighted by Gasteiger charge is -2.16. The Kier molecular flexibility index (Phi) is 8.19. The number of ether oxygens (including phenoxy) is 3. The summed E-state index contributed by atoms with van der Waals surface area (Å²) in [5.74, 6) is 0.546. The Bertz CT molecular complexity index is 1200. The molecular formula is C27H28O6P. The summed E-state index contributed by atoms with van der Waals surface area (Å²) in [5, 5.41) is 0.181. The first-order chi connectivity index (χ1) is 16.4. The van der Waals surface area contributed by atoms with Gasteiger partial charge in [0.1, 0.15) is 22.8 Å². The minimum Gasteiger partial charge on any atom is -0.496 e. The van der Waals surface area contributed by atoms with Gasteiger partial charge in [-0.05, 0) is 36.1 Å². The third kappa shape index (κ3) is 4.73. The van der Waals surface area contributed by atoms with E-state index in [4.69, 9.17) is 14.2 Å². The van der Waals surface area contributed by atoms with Crippen molar-refractivity contribution in [2.75, 3.05) is 21.3 Å². The first kappa shape index (κ1) is 25.1. The average Bonchev–Trinajstić information content (AvgIpc) is 2.90. The van der Waals surface area contributed by atoms with Crippen LogP contribution < -0.4 is 19.5 Å².